The Balaban J connectivity index is 3.14. The Kier molecular flexibility index (Phi) is 4.10. The van der Waals surface area contributed by atoms with Crippen LogP contribution < -0.4 is 5.32 Å². The van der Waals surface area contributed by atoms with E-state index < -0.39 is 18.1 Å². The van der Waals surface area contributed by atoms with Crippen LogP contribution in [0.2, 0.25) is 0 Å². The summed E-state index contributed by atoms with van der Waals surface area (Å²) in [5.74, 6) is -0.931. The summed E-state index contributed by atoms with van der Waals surface area (Å²) < 4.78 is 38.4. The third-order valence-electron chi connectivity index (χ3n) is 2.15. The van der Waals surface area contributed by atoms with Crippen LogP contribution in [0.4, 0.5) is 13.2 Å². The van der Waals surface area contributed by atoms with Crippen molar-refractivity contribution in [1.82, 2.24) is 5.32 Å². The number of hydrogen-bond acceptors (Lipinski definition) is 2. The van der Waals surface area contributed by atoms with Crippen LogP contribution in [-0.2, 0) is 4.79 Å². The van der Waals surface area contributed by atoms with Crippen molar-refractivity contribution in [2.75, 3.05) is 0 Å². The molecule has 0 bridgehead atoms. The fourth-order valence-electron chi connectivity index (χ4n) is 1.34. The van der Waals surface area contributed by atoms with Crippen LogP contribution in [0.15, 0.2) is 36.9 Å². The van der Waals surface area contributed by atoms with E-state index in [0.717, 1.165) is 12.1 Å². The lowest BCUT2D eigenvalue weighted by Crippen LogP contribution is -2.37. The fourth-order valence-corrected chi connectivity index (χ4v) is 1.34. The minimum Gasteiger partial charge on any atom is -0.337 e. The fraction of sp³-hybridized carbons (Fsp3) is 0.167. The van der Waals surface area contributed by atoms with E-state index in [4.69, 9.17) is 5.26 Å². The molecule has 6 heteroatoms. The van der Waals surface area contributed by atoms with E-state index in [9.17, 15) is 18.0 Å². The molecule has 0 aliphatic rings. The zero-order valence-corrected chi connectivity index (χ0v) is 9.16. The maximum atomic E-state index is 12.8. The number of benzene rings is 1. The molecule has 1 unspecified atom stereocenters. The number of carbonyl (C=O) groups excluding carboxylic acids is 1. The lowest BCUT2D eigenvalue weighted by Gasteiger charge is -2.21. The Labute approximate surface area is 102 Å². The van der Waals surface area contributed by atoms with Crippen LogP contribution in [0.5, 0.6) is 0 Å². The molecule has 0 saturated carbocycles. The summed E-state index contributed by atoms with van der Waals surface area (Å²) >= 11 is 0. The van der Waals surface area contributed by atoms with Crippen molar-refractivity contribution in [3.05, 3.63) is 48.0 Å². The number of alkyl halides is 3. The molecule has 0 radical (unpaired) electrons. The van der Waals surface area contributed by atoms with E-state index in [-0.39, 0.29) is 11.1 Å². The number of nitrogens with one attached hydrogen (secondary N) is 1. The lowest BCUT2D eigenvalue weighted by molar-refractivity contribution is -0.162. The van der Waals surface area contributed by atoms with Gasteiger partial charge in [0.1, 0.15) is 0 Å². The first-order valence-corrected chi connectivity index (χ1v) is 4.88. The molecular weight excluding hydrogens is 245 g/mol. The van der Waals surface area contributed by atoms with Gasteiger partial charge >= 0.3 is 6.18 Å². The number of halogens is 3. The second-order valence-electron chi connectivity index (χ2n) is 3.42. The molecular formula is C12H9F3N2O. The van der Waals surface area contributed by atoms with Gasteiger partial charge in [-0.3, -0.25) is 4.79 Å². The highest BCUT2D eigenvalue weighted by atomic mass is 19.4. The number of carbonyl (C=O) groups is 1. The van der Waals surface area contributed by atoms with Crippen LogP contribution >= 0.6 is 0 Å². The number of nitriles is 1. The molecule has 0 saturated heterocycles. The maximum absolute atomic E-state index is 12.8. The molecule has 1 atom stereocenters. The minimum atomic E-state index is -4.65. The van der Waals surface area contributed by atoms with Gasteiger partial charge in [0.25, 0.3) is 0 Å². The third-order valence-corrected chi connectivity index (χ3v) is 2.15. The standard InChI is InChI=1S/C12H9F3N2O/c1-2-10(18)17-11(12(13,14)15)9-5-3-4-8(6-9)7-16/h2-6,11H,1H2,(H,17,18). The molecule has 0 heterocycles. The minimum absolute atomic E-state index is 0.0922. The molecule has 0 aromatic heterocycles. The Bertz CT molecular complexity index is 503. The molecule has 18 heavy (non-hydrogen) atoms. The summed E-state index contributed by atoms with van der Waals surface area (Å²) in [5, 5.41) is 10.4. The zero-order chi connectivity index (χ0) is 13.8. The molecule has 1 N–H and O–H groups in total. The van der Waals surface area contributed by atoms with Gasteiger partial charge < -0.3 is 5.32 Å². The summed E-state index contributed by atoms with van der Waals surface area (Å²) in [6, 6.07) is 4.57. The van der Waals surface area contributed by atoms with E-state index in [1.165, 1.54) is 18.2 Å². The number of nitrogens with zero attached hydrogens (tertiary/aromatic N) is 1. The van der Waals surface area contributed by atoms with Crippen molar-refractivity contribution >= 4 is 5.91 Å². The zero-order valence-electron chi connectivity index (χ0n) is 9.16. The smallest absolute Gasteiger partial charge is 0.337 e. The summed E-state index contributed by atoms with van der Waals surface area (Å²) in [4.78, 5) is 11.0. The van der Waals surface area contributed by atoms with E-state index in [1.54, 1.807) is 11.4 Å². The Morgan fingerprint density at radius 2 is 2.17 bits per heavy atom. The van der Waals surface area contributed by atoms with Crippen molar-refractivity contribution < 1.29 is 18.0 Å². The average Bonchev–Trinajstić information content (AvgIpc) is 2.34. The van der Waals surface area contributed by atoms with Crippen molar-refractivity contribution in [1.29, 1.82) is 5.26 Å². The van der Waals surface area contributed by atoms with Crippen LogP contribution in [0.1, 0.15) is 17.2 Å². The normalized spacial score (nSPS) is 12.3. The maximum Gasteiger partial charge on any atom is 0.412 e. The predicted molar refractivity (Wildman–Crippen MR) is 58.3 cm³/mol. The third kappa shape index (κ3) is 3.35. The Morgan fingerprint density at radius 3 is 2.67 bits per heavy atom. The molecule has 0 aliphatic heterocycles. The molecule has 1 amide bonds. The van der Waals surface area contributed by atoms with Gasteiger partial charge in [0.15, 0.2) is 6.04 Å². The highest BCUT2D eigenvalue weighted by Crippen LogP contribution is 2.32. The quantitative estimate of drug-likeness (QED) is 0.842. The van der Waals surface area contributed by atoms with Crippen molar-refractivity contribution in [3.8, 4) is 6.07 Å². The molecule has 1 aromatic rings. The summed E-state index contributed by atoms with van der Waals surface area (Å²) in [7, 11) is 0. The largest absolute Gasteiger partial charge is 0.412 e. The van der Waals surface area contributed by atoms with E-state index in [1.807, 2.05) is 0 Å². The van der Waals surface area contributed by atoms with E-state index in [0.29, 0.717) is 0 Å². The average molecular weight is 254 g/mol. The summed E-state index contributed by atoms with van der Waals surface area (Å²) in [5.41, 5.74) is -0.105. The molecule has 0 spiro atoms. The molecule has 3 nitrogen and oxygen atoms in total. The van der Waals surface area contributed by atoms with Crippen LogP contribution in [0, 0.1) is 11.3 Å². The van der Waals surface area contributed by atoms with E-state index >= 15 is 0 Å². The van der Waals surface area contributed by atoms with Gasteiger partial charge in [-0.1, -0.05) is 18.7 Å². The van der Waals surface area contributed by atoms with Gasteiger partial charge in [-0.2, -0.15) is 18.4 Å². The van der Waals surface area contributed by atoms with Gasteiger partial charge in [0.2, 0.25) is 5.91 Å². The highest BCUT2D eigenvalue weighted by Gasteiger charge is 2.41. The topological polar surface area (TPSA) is 52.9 Å². The second-order valence-corrected chi connectivity index (χ2v) is 3.42. The first-order chi connectivity index (χ1) is 8.38. The summed E-state index contributed by atoms with van der Waals surface area (Å²) in [6.45, 7) is 3.09. The molecule has 94 valence electrons. The van der Waals surface area contributed by atoms with Gasteiger partial charge in [-0.25, -0.2) is 0 Å². The second kappa shape index (κ2) is 5.36. The van der Waals surface area contributed by atoms with Gasteiger partial charge in [0, 0.05) is 0 Å². The van der Waals surface area contributed by atoms with Crippen molar-refractivity contribution in [2.24, 2.45) is 0 Å². The molecule has 0 aliphatic carbocycles. The van der Waals surface area contributed by atoms with Gasteiger partial charge in [-0.15, -0.1) is 0 Å². The van der Waals surface area contributed by atoms with Gasteiger partial charge in [-0.05, 0) is 23.8 Å². The van der Waals surface area contributed by atoms with Crippen molar-refractivity contribution in [2.45, 2.75) is 12.2 Å². The SMILES string of the molecule is C=CC(=O)NC(c1cccc(C#N)c1)C(F)(F)F. The molecule has 0 fully saturated rings. The van der Waals surface area contributed by atoms with Gasteiger partial charge in [0.05, 0.1) is 11.6 Å². The molecule has 1 rings (SSSR count). The van der Waals surface area contributed by atoms with Crippen LogP contribution in [-0.4, -0.2) is 12.1 Å². The Hall–Kier alpha value is -2.29. The first kappa shape index (κ1) is 13.8. The highest BCUT2D eigenvalue weighted by molar-refractivity contribution is 5.87. The van der Waals surface area contributed by atoms with Crippen LogP contribution in [0.3, 0.4) is 0 Å². The predicted octanol–water partition coefficient (Wildman–Crippen LogP) is 2.46. The number of amides is 1. The number of hydrogen-bond donors (Lipinski definition) is 1. The van der Waals surface area contributed by atoms with E-state index in [2.05, 4.69) is 6.58 Å². The van der Waals surface area contributed by atoms with Crippen molar-refractivity contribution in [3.63, 3.8) is 0 Å². The Morgan fingerprint density at radius 1 is 1.50 bits per heavy atom. The summed E-state index contributed by atoms with van der Waals surface area (Å²) in [6.07, 6.45) is -3.89. The lowest BCUT2D eigenvalue weighted by atomic mass is 10.0. The molecule has 1 aromatic carbocycles. The monoisotopic (exact) mass is 254 g/mol. The number of rotatable bonds is 3. The van der Waals surface area contributed by atoms with Crippen LogP contribution in [0.25, 0.3) is 0 Å². The first-order valence-electron chi connectivity index (χ1n) is 4.88.